The molecule has 1 aromatic rings. The maximum atomic E-state index is 11.7. The van der Waals surface area contributed by atoms with Crippen LogP contribution >= 0.6 is 0 Å². The van der Waals surface area contributed by atoms with Crippen molar-refractivity contribution in [2.24, 2.45) is 0 Å². The second-order valence-corrected chi connectivity index (χ2v) is 5.32. The minimum absolute atomic E-state index is 0.160. The van der Waals surface area contributed by atoms with E-state index in [1.807, 2.05) is 25.1 Å². The number of hydrogen-bond acceptors (Lipinski definition) is 3. The lowest BCUT2D eigenvalue weighted by atomic mass is 10.1. The molecule has 5 heteroatoms. The van der Waals surface area contributed by atoms with Crippen molar-refractivity contribution in [1.82, 2.24) is 5.32 Å². The summed E-state index contributed by atoms with van der Waals surface area (Å²) in [5, 5.41) is 11.5. The first-order chi connectivity index (χ1) is 10.1. The number of aryl methyl sites for hydroxylation is 2. The topological polar surface area (TPSA) is 75.6 Å². The van der Waals surface area contributed by atoms with Gasteiger partial charge in [0.15, 0.2) is 6.61 Å². The highest BCUT2D eigenvalue weighted by atomic mass is 16.5. The molecule has 5 nitrogen and oxygen atoms in total. The zero-order chi connectivity index (χ0) is 15.2. The molecule has 0 unspecified atom stereocenters. The highest BCUT2D eigenvalue weighted by Crippen LogP contribution is 2.25. The number of carboxylic acids is 1. The molecular formula is C16H21NO4. The minimum atomic E-state index is -1.01. The zero-order valence-corrected chi connectivity index (χ0v) is 12.2. The number of nitrogens with one attached hydrogen (secondary N) is 1. The van der Waals surface area contributed by atoms with Crippen LogP contribution in [0.2, 0.25) is 0 Å². The largest absolute Gasteiger partial charge is 0.484 e. The maximum Gasteiger partial charge on any atom is 0.326 e. The molecule has 0 aliphatic heterocycles. The molecule has 1 aliphatic rings. The zero-order valence-electron chi connectivity index (χ0n) is 12.2. The van der Waals surface area contributed by atoms with Gasteiger partial charge in [-0.15, -0.1) is 0 Å². The lowest BCUT2D eigenvalue weighted by molar-refractivity contribution is -0.142. The molecule has 0 heterocycles. The summed E-state index contributed by atoms with van der Waals surface area (Å²) < 4.78 is 5.45. The Morgan fingerprint density at radius 1 is 1.33 bits per heavy atom. The fourth-order valence-corrected chi connectivity index (χ4v) is 2.57. The number of hydrogen-bond donors (Lipinski definition) is 2. The quantitative estimate of drug-likeness (QED) is 0.805. The van der Waals surface area contributed by atoms with E-state index in [0.717, 1.165) is 19.3 Å². The molecule has 1 aromatic carbocycles. The molecule has 2 rings (SSSR count). The van der Waals surface area contributed by atoms with Crippen molar-refractivity contribution >= 4 is 11.9 Å². The predicted octanol–water partition coefficient (Wildman–Crippen LogP) is 1.92. The molecule has 2 N–H and O–H groups in total. The van der Waals surface area contributed by atoms with Crippen molar-refractivity contribution in [2.75, 3.05) is 6.61 Å². The Labute approximate surface area is 124 Å². The first-order valence-electron chi connectivity index (χ1n) is 7.37. The third-order valence-electron chi connectivity index (χ3n) is 3.65. The monoisotopic (exact) mass is 291 g/mol. The first kappa shape index (κ1) is 15.4. The Kier molecular flexibility index (Phi) is 5.20. The van der Waals surface area contributed by atoms with Gasteiger partial charge in [-0.3, -0.25) is 4.79 Å². The average Bonchev–Trinajstić information content (AvgIpc) is 2.92. The molecule has 0 radical (unpaired) electrons. The molecule has 0 saturated carbocycles. The van der Waals surface area contributed by atoms with E-state index in [-0.39, 0.29) is 6.61 Å². The third kappa shape index (κ3) is 4.21. The Bertz CT molecular complexity index is 527. The van der Waals surface area contributed by atoms with E-state index in [2.05, 4.69) is 5.32 Å². The molecule has 0 spiro atoms. The Morgan fingerprint density at radius 2 is 2.10 bits per heavy atom. The van der Waals surface area contributed by atoms with Gasteiger partial charge in [-0.05, 0) is 48.9 Å². The van der Waals surface area contributed by atoms with Crippen molar-refractivity contribution < 1.29 is 19.4 Å². The van der Waals surface area contributed by atoms with Crippen molar-refractivity contribution in [1.29, 1.82) is 0 Å². The summed E-state index contributed by atoms with van der Waals surface area (Å²) in [4.78, 5) is 22.7. The van der Waals surface area contributed by atoms with Gasteiger partial charge in [0.25, 0.3) is 5.91 Å². The average molecular weight is 291 g/mol. The number of carbonyl (C=O) groups is 2. The second-order valence-electron chi connectivity index (χ2n) is 5.32. The summed E-state index contributed by atoms with van der Waals surface area (Å²) in [6.07, 6.45) is 4.43. The summed E-state index contributed by atoms with van der Waals surface area (Å²) >= 11 is 0. The number of aliphatic carboxylic acids is 1. The summed E-state index contributed by atoms with van der Waals surface area (Å²) in [7, 11) is 0. The van der Waals surface area contributed by atoms with Crippen LogP contribution in [0.15, 0.2) is 18.2 Å². The highest BCUT2D eigenvalue weighted by molar-refractivity contribution is 5.84. The van der Waals surface area contributed by atoms with Crippen LogP contribution in [-0.4, -0.2) is 29.6 Å². The van der Waals surface area contributed by atoms with Gasteiger partial charge in [0, 0.05) is 0 Å². The second kappa shape index (κ2) is 7.11. The molecule has 0 bridgehead atoms. The van der Waals surface area contributed by atoms with Gasteiger partial charge in [-0.25, -0.2) is 4.79 Å². The first-order valence-corrected chi connectivity index (χ1v) is 7.37. The van der Waals surface area contributed by atoms with Crippen molar-refractivity contribution in [3.05, 3.63) is 29.3 Å². The number of amides is 1. The fourth-order valence-electron chi connectivity index (χ4n) is 2.57. The number of fused-ring (bicyclic) bond motifs is 1. The summed E-state index contributed by atoms with van der Waals surface area (Å²) in [6.45, 7) is 1.72. The van der Waals surface area contributed by atoms with E-state index in [0.29, 0.717) is 18.6 Å². The summed E-state index contributed by atoms with van der Waals surface area (Å²) in [5.74, 6) is -0.757. The van der Waals surface area contributed by atoms with Crippen LogP contribution in [0.3, 0.4) is 0 Å². The molecule has 1 atom stereocenters. The number of ether oxygens (including phenoxy) is 1. The number of carboxylic acid groups (broad SMARTS) is 1. The molecule has 0 fully saturated rings. The van der Waals surface area contributed by atoms with Crippen LogP contribution in [0.1, 0.15) is 37.3 Å². The SMILES string of the molecule is CCC[C@@H](NC(=O)COc1ccc2c(c1)CCC2)C(=O)O. The van der Waals surface area contributed by atoms with Crippen LogP contribution in [0.4, 0.5) is 0 Å². The van der Waals surface area contributed by atoms with Crippen LogP contribution in [0.25, 0.3) is 0 Å². The van der Waals surface area contributed by atoms with E-state index in [4.69, 9.17) is 9.84 Å². The van der Waals surface area contributed by atoms with E-state index >= 15 is 0 Å². The molecule has 0 saturated heterocycles. The summed E-state index contributed by atoms with van der Waals surface area (Å²) in [5.41, 5.74) is 2.63. The van der Waals surface area contributed by atoms with E-state index in [9.17, 15) is 9.59 Å². The van der Waals surface area contributed by atoms with Crippen LogP contribution < -0.4 is 10.1 Å². The molecule has 114 valence electrons. The van der Waals surface area contributed by atoms with Gasteiger partial charge in [0.2, 0.25) is 0 Å². The van der Waals surface area contributed by atoms with Gasteiger partial charge < -0.3 is 15.2 Å². The van der Waals surface area contributed by atoms with Crippen molar-refractivity contribution in [3.63, 3.8) is 0 Å². The van der Waals surface area contributed by atoms with E-state index in [1.54, 1.807) is 0 Å². The molecule has 21 heavy (non-hydrogen) atoms. The van der Waals surface area contributed by atoms with Gasteiger partial charge in [0.1, 0.15) is 11.8 Å². The van der Waals surface area contributed by atoms with Gasteiger partial charge in [-0.1, -0.05) is 19.4 Å². The van der Waals surface area contributed by atoms with Crippen LogP contribution in [-0.2, 0) is 22.4 Å². The maximum absolute atomic E-state index is 11.7. The highest BCUT2D eigenvalue weighted by Gasteiger charge is 2.19. The molecule has 1 aliphatic carbocycles. The minimum Gasteiger partial charge on any atom is -0.484 e. The lowest BCUT2D eigenvalue weighted by Gasteiger charge is -2.14. The Morgan fingerprint density at radius 3 is 2.81 bits per heavy atom. The Hall–Kier alpha value is -2.04. The van der Waals surface area contributed by atoms with Crippen molar-refractivity contribution in [3.8, 4) is 5.75 Å². The molecule has 0 aromatic heterocycles. The van der Waals surface area contributed by atoms with E-state index < -0.39 is 17.9 Å². The fraction of sp³-hybridized carbons (Fsp3) is 0.500. The van der Waals surface area contributed by atoms with E-state index in [1.165, 1.54) is 11.1 Å². The summed E-state index contributed by atoms with van der Waals surface area (Å²) in [6, 6.07) is 5.02. The van der Waals surface area contributed by atoms with Gasteiger partial charge >= 0.3 is 5.97 Å². The van der Waals surface area contributed by atoms with Crippen LogP contribution in [0, 0.1) is 0 Å². The third-order valence-corrected chi connectivity index (χ3v) is 3.65. The normalized spacial score (nSPS) is 14.3. The smallest absolute Gasteiger partial charge is 0.326 e. The van der Waals surface area contributed by atoms with Gasteiger partial charge in [0.05, 0.1) is 0 Å². The predicted molar refractivity (Wildman–Crippen MR) is 78.4 cm³/mol. The van der Waals surface area contributed by atoms with Gasteiger partial charge in [-0.2, -0.15) is 0 Å². The number of carbonyl (C=O) groups excluding carboxylic acids is 1. The lowest BCUT2D eigenvalue weighted by Crippen LogP contribution is -2.42. The number of benzene rings is 1. The van der Waals surface area contributed by atoms with Crippen LogP contribution in [0.5, 0.6) is 5.75 Å². The molecular weight excluding hydrogens is 270 g/mol. The van der Waals surface area contributed by atoms with Crippen molar-refractivity contribution in [2.45, 2.75) is 45.1 Å². The standard InChI is InChI=1S/C16H21NO4/c1-2-4-14(16(19)20)17-15(18)10-21-13-8-7-11-5-3-6-12(11)9-13/h7-9,14H,2-6,10H2,1H3,(H,17,18)(H,19,20)/t14-/m1/s1. The Balaban J connectivity index is 1.84. The molecule has 1 amide bonds. The number of rotatable bonds is 7.